The van der Waals surface area contributed by atoms with Crippen LogP contribution in [-0.2, 0) is 11.2 Å². The SMILES string of the molecule is CCc1nc(NC(C)=O)sc1C. The number of thiazole rings is 1. The van der Waals surface area contributed by atoms with Gasteiger partial charge in [0.25, 0.3) is 0 Å². The Morgan fingerprint density at radius 2 is 2.33 bits per heavy atom. The summed E-state index contributed by atoms with van der Waals surface area (Å²) in [5.41, 5.74) is 1.07. The molecule has 1 amide bonds. The number of aromatic nitrogens is 1. The molecule has 1 aromatic heterocycles. The summed E-state index contributed by atoms with van der Waals surface area (Å²) in [4.78, 5) is 16.1. The van der Waals surface area contributed by atoms with Gasteiger partial charge in [-0.1, -0.05) is 6.92 Å². The van der Waals surface area contributed by atoms with Crippen LogP contribution in [0.5, 0.6) is 0 Å². The molecule has 1 heterocycles. The Kier molecular flexibility index (Phi) is 2.81. The Morgan fingerprint density at radius 1 is 1.67 bits per heavy atom. The van der Waals surface area contributed by atoms with E-state index in [0.717, 1.165) is 12.1 Å². The third-order valence-corrected chi connectivity index (χ3v) is 2.44. The summed E-state index contributed by atoms with van der Waals surface area (Å²) in [5, 5.41) is 3.37. The van der Waals surface area contributed by atoms with Crippen molar-refractivity contribution < 1.29 is 4.79 Å². The van der Waals surface area contributed by atoms with Gasteiger partial charge < -0.3 is 5.32 Å². The van der Waals surface area contributed by atoms with Crippen molar-refractivity contribution >= 4 is 22.4 Å². The van der Waals surface area contributed by atoms with Crippen LogP contribution in [0.25, 0.3) is 0 Å². The minimum Gasteiger partial charge on any atom is -0.302 e. The van der Waals surface area contributed by atoms with Crippen molar-refractivity contribution in [3.63, 3.8) is 0 Å². The van der Waals surface area contributed by atoms with Crippen molar-refractivity contribution in [2.75, 3.05) is 5.32 Å². The second-order valence-electron chi connectivity index (χ2n) is 2.56. The standard InChI is InChI=1S/C8H12N2OS/c1-4-7-5(2)12-8(10-7)9-6(3)11/h4H2,1-3H3,(H,9,10,11). The van der Waals surface area contributed by atoms with E-state index in [1.54, 1.807) is 0 Å². The molecule has 1 aromatic rings. The first-order valence-corrected chi connectivity index (χ1v) is 4.69. The Bertz CT molecular complexity index is 293. The van der Waals surface area contributed by atoms with Gasteiger partial charge in [-0.05, 0) is 13.3 Å². The first kappa shape index (κ1) is 9.19. The smallest absolute Gasteiger partial charge is 0.223 e. The number of nitrogens with one attached hydrogen (secondary N) is 1. The highest BCUT2D eigenvalue weighted by molar-refractivity contribution is 7.15. The molecule has 0 saturated heterocycles. The lowest BCUT2D eigenvalue weighted by atomic mass is 10.3. The van der Waals surface area contributed by atoms with Crippen molar-refractivity contribution in [3.05, 3.63) is 10.6 Å². The number of rotatable bonds is 2. The van der Waals surface area contributed by atoms with Crippen molar-refractivity contribution in [2.24, 2.45) is 0 Å². The Morgan fingerprint density at radius 3 is 2.75 bits per heavy atom. The second-order valence-corrected chi connectivity index (χ2v) is 3.76. The zero-order chi connectivity index (χ0) is 9.14. The number of anilines is 1. The van der Waals surface area contributed by atoms with E-state index in [2.05, 4.69) is 17.2 Å². The summed E-state index contributed by atoms with van der Waals surface area (Å²) >= 11 is 1.52. The molecule has 0 spiro atoms. The quantitative estimate of drug-likeness (QED) is 0.763. The average Bonchev–Trinajstić information content (AvgIpc) is 2.29. The molecule has 0 unspecified atom stereocenters. The first-order valence-electron chi connectivity index (χ1n) is 3.87. The third-order valence-electron chi connectivity index (χ3n) is 1.51. The van der Waals surface area contributed by atoms with Gasteiger partial charge in [0, 0.05) is 11.8 Å². The molecule has 0 aliphatic rings. The van der Waals surface area contributed by atoms with Gasteiger partial charge in [0.05, 0.1) is 5.69 Å². The Hall–Kier alpha value is -0.900. The molecular weight excluding hydrogens is 172 g/mol. The fourth-order valence-electron chi connectivity index (χ4n) is 0.960. The Balaban J connectivity index is 2.82. The minimum atomic E-state index is -0.0635. The number of carbonyl (C=O) groups excluding carboxylic acids is 1. The van der Waals surface area contributed by atoms with Gasteiger partial charge in [-0.2, -0.15) is 0 Å². The molecule has 0 aromatic carbocycles. The molecule has 1 N–H and O–H groups in total. The predicted molar refractivity (Wildman–Crippen MR) is 50.5 cm³/mol. The number of amides is 1. The number of hydrogen-bond donors (Lipinski definition) is 1. The lowest BCUT2D eigenvalue weighted by Gasteiger charge is -1.92. The summed E-state index contributed by atoms with van der Waals surface area (Å²) in [5.74, 6) is -0.0635. The molecule has 0 atom stereocenters. The van der Waals surface area contributed by atoms with E-state index in [1.807, 2.05) is 6.92 Å². The largest absolute Gasteiger partial charge is 0.302 e. The maximum absolute atomic E-state index is 10.7. The number of carbonyl (C=O) groups is 1. The molecule has 0 fully saturated rings. The molecule has 12 heavy (non-hydrogen) atoms. The van der Waals surface area contributed by atoms with Crippen molar-refractivity contribution in [3.8, 4) is 0 Å². The maximum atomic E-state index is 10.7. The van der Waals surface area contributed by atoms with Gasteiger partial charge in [0.15, 0.2) is 5.13 Å². The van der Waals surface area contributed by atoms with Crippen LogP contribution in [0.3, 0.4) is 0 Å². The van der Waals surface area contributed by atoms with Crippen LogP contribution in [0.4, 0.5) is 5.13 Å². The van der Waals surface area contributed by atoms with Crippen LogP contribution in [0, 0.1) is 6.92 Å². The summed E-state index contributed by atoms with van der Waals surface area (Å²) < 4.78 is 0. The maximum Gasteiger partial charge on any atom is 0.223 e. The monoisotopic (exact) mass is 184 g/mol. The van der Waals surface area contributed by atoms with E-state index in [9.17, 15) is 4.79 Å². The number of hydrogen-bond acceptors (Lipinski definition) is 3. The minimum absolute atomic E-state index is 0.0635. The fourth-order valence-corrected chi connectivity index (χ4v) is 1.91. The average molecular weight is 184 g/mol. The van der Waals surface area contributed by atoms with Gasteiger partial charge in [0.1, 0.15) is 0 Å². The van der Waals surface area contributed by atoms with Gasteiger partial charge in [-0.15, -0.1) is 11.3 Å². The van der Waals surface area contributed by atoms with E-state index >= 15 is 0 Å². The number of aryl methyl sites for hydroxylation is 2. The van der Waals surface area contributed by atoms with Crippen LogP contribution in [-0.4, -0.2) is 10.9 Å². The van der Waals surface area contributed by atoms with E-state index in [4.69, 9.17) is 0 Å². The Labute approximate surface area is 75.8 Å². The van der Waals surface area contributed by atoms with Crippen LogP contribution < -0.4 is 5.32 Å². The lowest BCUT2D eigenvalue weighted by molar-refractivity contribution is -0.114. The van der Waals surface area contributed by atoms with Gasteiger partial charge in [0.2, 0.25) is 5.91 Å². The van der Waals surface area contributed by atoms with Crippen LogP contribution >= 0.6 is 11.3 Å². The molecule has 0 aliphatic carbocycles. The van der Waals surface area contributed by atoms with E-state index in [1.165, 1.54) is 23.1 Å². The topological polar surface area (TPSA) is 42.0 Å². The summed E-state index contributed by atoms with van der Waals surface area (Å²) in [6.07, 6.45) is 0.919. The molecule has 0 aliphatic heterocycles. The molecule has 0 saturated carbocycles. The molecule has 66 valence electrons. The van der Waals surface area contributed by atoms with Crippen molar-refractivity contribution in [1.29, 1.82) is 0 Å². The molecular formula is C8H12N2OS. The summed E-state index contributed by atoms with van der Waals surface area (Å²) in [7, 11) is 0. The predicted octanol–water partition coefficient (Wildman–Crippen LogP) is 1.97. The zero-order valence-electron chi connectivity index (χ0n) is 7.47. The van der Waals surface area contributed by atoms with Gasteiger partial charge >= 0.3 is 0 Å². The van der Waals surface area contributed by atoms with Gasteiger partial charge in [-0.3, -0.25) is 4.79 Å². The van der Waals surface area contributed by atoms with E-state index in [0.29, 0.717) is 5.13 Å². The molecule has 0 radical (unpaired) electrons. The molecule has 4 heteroatoms. The number of nitrogens with zero attached hydrogens (tertiary/aromatic N) is 1. The summed E-state index contributed by atoms with van der Waals surface area (Å²) in [6, 6.07) is 0. The molecule has 0 bridgehead atoms. The molecule has 3 nitrogen and oxygen atoms in total. The molecule has 1 rings (SSSR count). The summed E-state index contributed by atoms with van der Waals surface area (Å²) in [6.45, 7) is 5.56. The zero-order valence-corrected chi connectivity index (χ0v) is 8.29. The van der Waals surface area contributed by atoms with Crippen LogP contribution in [0.2, 0.25) is 0 Å². The van der Waals surface area contributed by atoms with Crippen LogP contribution in [0.15, 0.2) is 0 Å². The first-order chi connectivity index (χ1) is 5.63. The lowest BCUT2D eigenvalue weighted by Crippen LogP contribution is -2.05. The second kappa shape index (κ2) is 3.67. The van der Waals surface area contributed by atoms with Gasteiger partial charge in [-0.25, -0.2) is 4.98 Å². The van der Waals surface area contributed by atoms with Crippen molar-refractivity contribution in [1.82, 2.24) is 4.98 Å². The van der Waals surface area contributed by atoms with E-state index in [-0.39, 0.29) is 5.91 Å². The van der Waals surface area contributed by atoms with E-state index < -0.39 is 0 Å². The highest BCUT2D eigenvalue weighted by Gasteiger charge is 2.05. The highest BCUT2D eigenvalue weighted by Crippen LogP contribution is 2.21. The van der Waals surface area contributed by atoms with Crippen molar-refractivity contribution in [2.45, 2.75) is 27.2 Å². The van der Waals surface area contributed by atoms with Crippen LogP contribution in [0.1, 0.15) is 24.4 Å². The highest BCUT2D eigenvalue weighted by atomic mass is 32.1. The third kappa shape index (κ3) is 2.04. The fraction of sp³-hybridized carbons (Fsp3) is 0.500. The normalized spacial score (nSPS) is 9.92.